The van der Waals surface area contributed by atoms with Crippen molar-refractivity contribution < 1.29 is 4.39 Å². The lowest BCUT2D eigenvalue weighted by atomic mass is 10.2. The Kier molecular flexibility index (Phi) is 4.32. The van der Waals surface area contributed by atoms with Gasteiger partial charge in [-0.15, -0.1) is 0 Å². The van der Waals surface area contributed by atoms with E-state index < -0.39 is 0 Å². The first-order valence-electron chi connectivity index (χ1n) is 6.64. The summed E-state index contributed by atoms with van der Waals surface area (Å²) in [4.78, 5) is 0. The van der Waals surface area contributed by atoms with Gasteiger partial charge in [-0.1, -0.05) is 13.0 Å². The van der Waals surface area contributed by atoms with Crippen LogP contribution in [0.3, 0.4) is 0 Å². The predicted molar refractivity (Wildman–Crippen MR) is 74.9 cm³/mol. The molecule has 0 saturated heterocycles. The fraction of sp³-hybridized carbons (Fsp3) is 0.400. The van der Waals surface area contributed by atoms with Gasteiger partial charge in [-0.2, -0.15) is 5.10 Å². The Morgan fingerprint density at radius 3 is 2.89 bits per heavy atom. The highest BCUT2D eigenvalue weighted by molar-refractivity contribution is 5.35. The van der Waals surface area contributed by atoms with Crippen molar-refractivity contribution in [3.05, 3.63) is 47.5 Å². The molecule has 1 unspecified atom stereocenters. The smallest absolute Gasteiger partial charge is 0.125 e. The largest absolute Gasteiger partial charge is 0.310 e. The zero-order valence-corrected chi connectivity index (χ0v) is 11.7. The van der Waals surface area contributed by atoms with Crippen molar-refractivity contribution in [2.45, 2.75) is 39.8 Å². The molecule has 0 amide bonds. The van der Waals surface area contributed by atoms with E-state index in [1.54, 1.807) is 10.7 Å². The van der Waals surface area contributed by atoms with E-state index in [-0.39, 0.29) is 5.82 Å². The monoisotopic (exact) mass is 261 g/mol. The molecular weight excluding hydrogens is 241 g/mol. The summed E-state index contributed by atoms with van der Waals surface area (Å²) in [5.74, 6) is -0.244. The number of hydrogen-bond acceptors (Lipinski definition) is 2. The summed E-state index contributed by atoms with van der Waals surface area (Å²) in [6.07, 6.45) is 2.94. The Bertz CT molecular complexity index is 548. The molecule has 0 fully saturated rings. The van der Waals surface area contributed by atoms with E-state index in [1.807, 2.05) is 19.2 Å². The molecule has 1 atom stereocenters. The third kappa shape index (κ3) is 3.20. The van der Waals surface area contributed by atoms with Crippen LogP contribution in [0.4, 0.5) is 4.39 Å². The van der Waals surface area contributed by atoms with Crippen LogP contribution in [-0.4, -0.2) is 15.8 Å². The van der Waals surface area contributed by atoms with E-state index in [9.17, 15) is 4.39 Å². The third-order valence-electron chi connectivity index (χ3n) is 3.42. The highest BCUT2D eigenvalue weighted by atomic mass is 19.1. The first-order chi connectivity index (χ1) is 9.11. The molecule has 0 saturated carbocycles. The van der Waals surface area contributed by atoms with Crippen molar-refractivity contribution in [3.63, 3.8) is 0 Å². The van der Waals surface area contributed by atoms with Crippen LogP contribution in [0, 0.1) is 12.7 Å². The summed E-state index contributed by atoms with van der Waals surface area (Å²) < 4.78 is 15.0. The van der Waals surface area contributed by atoms with Crippen molar-refractivity contribution in [2.75, 3.05) is 0 Å². The van der Waals surface area contributed by atoms with Gasteiger partial charge in [-0.3, -0.25) is 0 Å². The molecule has 1 aromatic heterocycles. The van der Waals surface area contributed by atoms with Gasteiger partial charge in [0.25, 0.3) is 0 Å². The van der Waals surface area contributed by atoms with Crippen molar-refractivity contribution in [2.24, 2.45) is 0 Å². The Morgan fingerprint density at radius 2 is 2.21 bits per heavy atom. The molecule has 102 valence electrons. The zero-order chi connectivity index (χ0) is 13.8. The molecule has 1 heterocycles. The number of nitrogens with zero attached hydrogens (tertiary/aromatic N) is 2. The highest BCUT2D eigenvalue weighted by Gasteiger charge is 2.09. The predicted octanol–water partition coefficient (Wildman–Crippen LogP) is 3.21. The Labute approximate surface area is 113 Å². The van der Waals surface area contributed by atoms with Gasteiger partial charge in [-0.05, 0) is 38.5 Å². The molecule has 2 rings (SSSR count). The molecule has 0 aliphatic heterocycles. The minimum atomic E-state index is -0.244. The minimum absolute atomic E-state index is 0.244. The number of hydrogen-bond donors (Lipinski definition) is 1. The van der Waals surface area contributed by atoms with Crippen LogP contribution in [0.5, 0.6) is 0 Å². The third-order valence-corrected chi connectivity index (χ3v) is 3.42. The maximum absolute atomic E-state index is 13.2. The maximum Gasteiger partial charge on any atom is 0.125 e. The zero-order valence-electron chi connectivity index (χ0n) is 11.7. The van der Waals surface area contributed by atoms with Gasteiger partial charge in [0.15, 0.2) is 0 Å². The van der Waals surface area contributed by atoms with Gasteiger partial charge in [0.1, 0.15) is 5.82 Å². The number of nitrogens with one attached hydrogen (secondary N) is 1. The van der Waals surface area contributed by atoms with Gasteiger partial charge < -0.3 is 5.32 Å². The average molecular weight is 261 g/mol. The van der Waals surface area contributed by atoms with Crippen LogP contribution in [-0.2, 0) is 6.54 Å². The molecule has 0 bridgehead atoms. The lowest BCUT2D eigenvalue weighted by Crippen LogP contribution is -2.24. The molecule has 3 nitrogen and oxygen atoms in total. The van der Waals surface area contributed by atoms with Gasteiger partial charge in [-0.25, -0.2) is 9.07 Å². The Hall–Kier alpha value is -1.68. The van der Waals surface area contributed by atoms with E-state index in [1.165, 1.54) is 12.1 Å². The van der Waals surface area contributed by atoms with E-state index in [0.29, 0.717) is 6.04 Å². The molecule has 4 heteroatoms. The van der Waals surface area contributed by atoms with Crippen LogP contribution in [0.2, 0.25) is 0 Å². The molecule has 1 aromatic carbocycles. The number of benzene rings is 1. The second-order valence-electron chi connectivity index (χ2n) is 4.84. The minimum Gasteiger partial charge on any atom is -0.310 e. The number of aromatic nitrogens is 2. The quantitative estimate of drug-likeness (QED) is 0.895. The van der Waals surface area contributed by atoms with Crippen molar-refractivity contribution in [1.29, 1.82) is 0 Å². The lowest BCUT2D eigenvalue weighted by Gasteiger charge is -2.11. The normalized spacial score (nSPS) is 12.6. The van der Waals surface area contributed by atoms with Gasteiger partial charge >= 0.3 is 0 Å². The van der Waals surface area contributed by atoms with Crippen LogP contribution in [0.15, 0.2) is 30.5 Å². The SMILES string of the molecule is CCC(C)NCc1cnn(-c2cccc(F)c2)c1C. The average Bonchev–Trinajstić information content (AvgIpc) is 2.77. The first-order valence-corrected chi connectivity index (χ1v) is 6.64. The Balaban J connectivity index is 2.18. The van der Waals surface area contributed by atoms with Crippen molar-refractivity contribution >= 4 is 0 Å². The second kappa shape index (κ2) is 5.97. The number of halogens is 1. The molecule has 0 aliphatic carbocycles. The maximum atomic E-state index is 13.2. The van der Waals surface area contributed by atoms with E-state index >= 15 is 0 Å². The molecular formula is C15H20FN3. The van der Waals surface area contributed by atoms with Crippen molar-refractivity contribution in [3.8, 4) is 5.69 Å². The van der Waals surface area contributed by atoms with Gasteiger partial charge in [0.2, 0.25) is 0 Å². The van der Waals surface area contributed by atoms with Crippen LogP contribution in [0.25, 0.3) is 5.69 Å². The lowest BCUT2D eigenvalue weighted by molar-refractivity contribution is 0.533. The molecule has 0 aliphatic rings. The fourth-order valence-electron chi connectivity index (χ4n) is 1.91. The highest BCUT2D eigenvalue weighted by Crippen LogP contribution is 2.15. The summed E-state index contributed by atoms with van der Waals surface area (Å²) in [7, 11) is 0. The Morgan fingerprint density at radius 1 is 1.42 bits per heavy atom. The second-order valence-corrected chi connectivity index (χ2v) is 4.84. The summed E-state index contributed by atoms with van der Waals surface area (Å²) in [6.45, 7) is 7.11. The topological polar surface area (TPSA) is 29.9 Å². The van der Waals surface area contributed by atoms with Crippen LogP contribution < -0.4 is 5.32 Å². The first kappa shape index (κ1) is 13.7. The summed E-state index contributed by atoms with van der Waals surface area (Å²) in [5.41, 5.74) is 2.94. The molecule has 19 heavy (non-hydrogen) atoms. The van der Waals surface area contributed by atoms with Gasteiger partial charge in [0, 0.05) is 23.8 Å². The molecule has 1 N–H and O–H groups in total. The molecule has 0 spiro atoms. The fourth-order valence-corrected chi connectivity index (χ4v) is 1.91. The van der Waals surface area contributed by atoms with Gasteiger partial charge in [0.05, 0.1) is 11.9 Å². The number of rotatable bonds is 5. The summed E-state index contributed by atoms with van der Waals surface area (Å²) in [6, 6.07) is 6.97. The summed E-state index contributed by atoms with van der Waals surface area (Å²) >= 11 is 0. The van der Waals surface area contributed by atoms with E-state index in [0.717, 1.165) is 29.9 Å². The van der Waals surface area contributed by atoms with Crippen LogP contribution >= 0.6 is 0 Å². The standard InChI is InChI=1S/C15H20FN3/c1-4-11(2)17-9-13-10-18-19(12(13)3)15-7-5-6-14(16)8-15/h5-8,10-11,17H,4,9H2,1-3H3. The van der Waals surface area contributed by atoms with Crippen molar-refractivity contribution in [1.82, 2.24) is 15.1 Å². The molecule has 0 radical (unpaired) electrons. The van der Waals surface area contributed by atoms with Crippen LogP contribution in [0.1, 0.15) is 31.5 Å². The molecule has 2 aromatic rings. The van der Waals surface area contributed by atoms with E-state index in [4.69, 9.17) is 0 Å². The van der Waals surface area contributed by atoms with E-state index in [2.05, 4.69) is 24.3 Å². The summed E-state index contributed by atoms with van der Waals surface area (Å²) in [5, 5.41) is 7.78.